The molecular formula is C17H17BrFN3O3S2. The molecule has 27 heavy (non-hydrogen) atoms. The van der Waals surface area contributed by atoms with E-state index in [1.807, 2.05) is 0 Å². The van der Waals surface area contributed by atoms with Crippen LogP contribution in [0.25, 0.3) is 0 Å². The second kappa shape index (κ2) is 8.24. The van der Waals surface area contributed by atoms with E-state index in [-0.39, 0.29) is 35.5 Å². The van der Waals surface area contributed by atoms with Crippen LogP contribution in [0.5, 0.6) is 0 Å². The average molecular weight is 474 g/mol. The van der Waals surface area contributed by atoms with Gasteiger partial charge < -0.3 is 4.90 Å². The van der Waals surface area contributed by atoms with Crippen molar-refractivity contribution in [2.75, 3.05) is 17.8 Å². The molecule has 1 aromatic carbocycles. The minimum Gasteiger partial charge on any atom is -0.329 e. The quantitative estimate of drug-likeness (QED) is 0.490. The number of benzene rings is 1. The Kier molecular flexibility index (Phi) is 6.17. The lowest BCUT2D eigenvalue weighted by atomic mass is 10.1. The lowest BCUT2D eigenvalue weighted by Crippen LogP contribution is -2.41. The van der Waals surface area contributed by atoms with E-state index in [1.165, 1.54) is 35.0 Å². The van der Waals surface area contributed by atoms with Gasteiger partial charge in [-0.15, -0.1) is 0 Å². The van der Waals surface area contributed by atoms with Gasteiger partial charge in [-0.1, -0.05) is 23.9 Å². The third-order valence-electron chi connectivity index (χ3n) is 4.28. The van der Waals surface area contributed by atoms with E-state index < -0.39 is 15.9 Å². The zero-order chi connectivity index (χ0) is 19.6. The normalized spacial score (nSPS) is 18.4. The molecule has 0 aliphatic carbocycles. The second-order valence-electron chi connectivity index (χ2n) is 6.17. The highest BCUT2D eigenvalue weighted by molar-refractivity contribution is 9.10. The highest BCUT2D eigenvalue weighted by atomic mass is 79.9. The Hall–Kier alpha value is -1.52. The Morgan fingerprint density at radius 1 is 1.37 bits per heavy atom. The molecular weight excluding hydrogens is 457 g/mol. The van der Waals surface area contributed by atoms with Crippen molar-refractivity contribution in [1.82, 2.24) is 14.9 Å². The number of sulfone groups is 1. The van der Waals surface area contributed by atoms with Crippen LogP contribution in [0.15, 0.2) is 40.1 Å². The summed E-state index contributed by atoms with van der Waals surface area (Å²) in [4.78, 5) is 23.1. The molecule has 144 valence electrons. The smallest absolute Gasteiger partial charge is 0.274 e. The summed E-state index contributed by atoms with van der Waals surface area (Å²) in [7, 11) is -3.18. The molecule has 0 unspecified atom stereocenters. The third-order valence-corrected chi connectivity index (χ3v) is 7.18. The van der Waals surface area contributed by atoms with Crippen LogP contribution < -0.4 is 0 Å². The van der Waals surface area contributed by atoms with Gasteiger partial charge in [-0.25, -0.2) is 22.8 Å². The topological polar surface area (TPSA) is 80.2 Å². The molecule has 1 aliphatic heterocycles. The van der Waals surface area contributed by atoms with E-state index in [0.717, 1.165) is 0 Å². The van der Waals surface area contributed by atoms with Crippen LogP contribution >= 0.6 is 27.7 Å². The Bertz CT molecular complexity index is 954. The molecule has 1 fully saturated rings. The fraction of sp³-hybridized carbons (Fsp3) is 0.353. The molecule has 0 bridgehead atoms. The van der Waals surface area contributed by atoms with Crippen LogP contribution in [0, 0.1) is 5.82 Å². The molecule has 10 heteroatoms. The predicted octanol–water partition coefficient (Wildman–Crippen LogP) is 2.93. The maximum absolute atomic E-state index is 13.2. The monoisotopic (exact) mass is 473 g/mol. The van der Waals surface area contributed by atoms with Crippen LogP contribution in [-0.2, 0) is 16.4 Å². The van der Waals surface area contributed by atoms with Crippen molar-refractivity contribution < 1.29 is 17.6 Å². The zero-order valence-electron chi connectivity index (χ0n) is 14.4. The maximum atomic E-state index is 13.2. The molecule has 0 spiro atoms. The van der Waals surface area contributed by atoms with E-state index >= 15 is 0 Å². The van der Waals surface area contributed by atoms with Gasteiger partial charge >= 0.3 is 0 Å². The first-order chi connectivity index (χ1) is 12.8. The maximum Gasteiger partial charge on any atom is 0.274 e. The number of hydrogen-bond donors (Lipinski definition) is 0. The van der Waals surface area contributed by atoms with Gasteiger partial charge in [0.2, 0.25) is 0 Å². The summed E-state index contributed by atoms with van der Waals surface area (Å²) in [5.74, 6) is -0.793. The molecule has 6 nitrogen and oxygen atoms in total. The average Bonchev–Trinajstić information content (AvgIpc) is 3.00. The van der Waals surface area contributed by atoms with Crippen molar-refractivity contribution in [1.29, 1.82) is 0 Å². The van der Waals surface area contributed by atoms with Crippen LogP contribution in [-0.4, -0.2) is 53.0 Å². The summed E-state index contributed by atoms with van der Waals surface area (Å²) in [5.41, 5.74) is 0.894. The molecule has 2 aromatic rings. The van der Waals surface area contributed by atoms with Crippen molar-refractivity contribution in [3.63, 3.8) is 0 Å². The summed E-state index contributed by atoms with van der Waals surface area (Å²) in [6.07, 6.45) is 3.68. The predicted molar refractivity (Wildman–Crippen MR) is 105 cm³/mol. The lowest BCUT2D eigenvalue weighted by molar-refractivity contribution is 0.0672. The third kappa shape index (κ3) is 4.85. The zero-order valence-corrected chi connectivity index (χ0v) is 17.7. The number of rotatable bonds is 5. The summed E-state index contributed by atoms with van der Waals surface area (Å²) in [6.45, 7) is 0.171. The fourth-order valence-corrected chi connectivity index (χ4v) is 5.34. The number of carbonyl (C=O) groups is 1. The van der Waals surface area contributed by atoms with Crippen molar-refractivity contribution in [3.05, 3.63) is 52.0 Å². The first-order valence-electron chi connectivity index (χ1n) is 8.11. The number of aromatic nitrogens is 2. The lowest BCUT2D eigenvalue weighted by Gasteiger charge is -2.28. The van der Waals surface area contributed by atoms with Crippen LogP contribution in [0.1, 0.15) is 22.5 Å². The molecule has 1 atom stereocenters. The van der Waals surface area contributed by atoms with E-state index in [4.69, 9.17) is 0 Å². The van der Waals surface area contributed by atoms with Crippen LogP contribution in [0.4, 0.5) is 4.39 Å². The summed E-state index contributed by atoms with van der Waals surface area (Å²) in [5, 5.41) is 0.447. The van der Waals surface area contributed by atoms with E-state index in [0.29, 0.717) is 21.6 Å². The highest BCUT2D eigenvalue weighted by Crippen LogP contribution is 2.25. The first-order valence-corrected chi connectivity index (χ1v) is 12.0. The van der Waals surface area contributed by atoms with Gasteiger partial charge in [0.05, 0.1) is 16.0 Å². The van der Waals surface area contributed by atoms with Gasteiger partial charge in [0, 0.05) is 18.8 Å². The van der Waals surface area contributed by atoms with Crippen LogP contribution in [0.2, 0.25) is 0 Å². The Balaban J connectivity index is 1.96. The molecule has 0 saturated carbocycles. The largest absolute Gasteiger partial charge is 0.329 e. The molecule has 3 rings (SSSR count). The van der Waals surface area contributed by atoms with Crippen molar-refractivity contribution in [3.8, 4) is 0 Å². The number of nitrogens with zero attached hydrogens (tertiary/aromatic N) is 3. The summed E-state index contributed by atoms with van der Waals surface area (Å²) >= 11 is 4.61. The van der Waals surface area contributed by atoms with E-state index in [9.17, 15) is 17.6 Å². The van der Waals surface area contributed by atoms with Gasteiger partial charge in [-0.3, -0.25) is 4.79 Å². The fourth-order valence-electron chi connectivity index (χ4n) is 2.91. The number of amides is 1. The number of halogens is 2. The van der Waals surface area contributed by atoms with E-state index in [2.05, 4.69) is 25.9 Å². The van der Waals surface area contributed by atoms with Gasteiger partial charge in [0.25, 0.3) is 5.91 Å². The molecule has 1 aromatic heterocycles. The Labute approximate surface area is 169 Å². The van der Waals surface area contributed by atoms with Gasteiger partial charge in [-0.05, 0) is 46.3 Å². The van der Waals surface area contributed by atoms with Gasteiger partial charge in [-0.2, -0.15) is 0 Å². The molecule has 1 amide bonds. The van der Waals surface area contributed by atoms with Crippen molar-refractivity contribution in [2.45, 2.75) is 24.2 Å². The molecule has 1 saturated heterocycles. The summed E-state index contributed by atoms with van der Waals surface area (Å²) < 4.78 is 37.5. The Morgan fingerprint density at radius 2 is 2.07 bits per heavy atom. The Morgan fingerprint density at radius 3 is 2.67 bits per heavy atom. The summed E-state index contributed by atoms with van der Waals surface area (Å²) in [6, 6.07) is 5.35. The highest BCUT2D eigenvalue weighted by Gasteiger charge is 2.36. The molecule has 1 aliphatic rings. The molecule has 0 radical (unpaired) electrons. The van der Waals surface area contributed by atoms with Crippen LogP contribution in [0.3, 0.4) is 0 Å². The van der Waals surface area contributed by atoms with Gasteiger partial charge in [0.15, 0.2) is 15.0 Å². The minimum atomic E-state index is -3.18. The number of thioether (sulfide) groups is 1. The SMILES string of the molecule is CSc1ncc(Br)c(C(=O)N(Cc2ccc(F)cc2)[C@@H]2CCS(=O)(=O)C2)n1. The van der Waals surface area contributed by atoms with Crippen molar-refractivity contribution in [2.24, 2.45) is 0 Å². The minimum absolute atomic E-state index is 0.0475. The molecule has 0 N–H and O–H groups in total. The number of hydrogen-bond acceptors (Lipinski definition) is 6. The first kappa shape index (κ1) is 20.2. The second-order valence-corrected chi connectivity index (χ2v) is 10.0. The molecule has 2 heterocycles. The number of carbonyl (C=O) groups excluding carboxylic acids is 1. The van der Waals surface area contributed by atoms with Crippen molar-refractivity contribution >= 4 is 43.4 Å². The van der Waals surface area contributed by atoms with Gasteiger partial charge in [0.1, 0.15) is 11.5 Å². The standard InChI is InChI=1S/C17H17BrFN3O3S2/c1-26-17-20-8-14(18)15(21-17)16(23)22(13-6-7-27(24,25)10-13)9-11-2-4-12(19)5-3-11/h2-5,8,13H,6-7,9-10H2,1H3/t13-/m1/s1. The van der Waals surface area contributed by atoms with E-state index in [1.54, 1.807) is 18.4 Å².